The first-order valence-electron chi connectivity index (χ1n) is 6.19. The molecule has 0 bridgehead atoms. The number of amides is 1. The summed E-state index contributed by atoms with van der Waals surface area (Å²) in [5.74, 6) is 0.0640. The van der Waals surface area contributed by atoms with Crippen LogP contribution in [0.25, 0.3) is 0 Å². The molecule has 2 atom stereocenters. The Morgan fingerprint density at radius 2 is 2.06 bits per heavy atom. The second-order valence-corrected chi connectivity index (χ2v) is 4.82. The van der Waals surface area contributed by atoms with Gasteiger partial charge in [-0.3, -0.25) is 10.2 Å². The maximum atomic E-state index is 12.0. The zero-order valence-corrected chi connectivity index (χ0v) is 10.6. The van der Waals surface area contributed by atoms with Crippen molar-refractivity contribution in [3.8, 4) is 0 Å². The van der Waals surface area contributed by atoms with Gasteiger partial charge < -0.3 is 15.0 Å². The molecule has 2 heterocycles. The lowest BCUT2D eigenvalue weighted by Gasteiger charge is -2.33. The Hall–Kier alpha value is -0.690. The van der Waals surface area contributed by atoms with Crippen molar-refractivity contribution in [3.63, 3.8) is 0 Å². The van der Waals surface area contributed by atoms with Gasteiger partial charge in [0.15, 0.2) is 0 Å². The number of carbonyl (C=O) groups is 1. The van der Waals surface area contributed by atoms with E-state index in [9.17, 15) is 4.79 Å². The molecule has 0 aromatic heterocycles. The first kappa shape index (κ1) is 12.8. The Balaban J connectivity index is 1.74. The standard InChI is InChI=1S/C11H22N4O2/c1-14-3-5-15(6-4-14)13-11(16)10-7-9(17-2)8-12-10/h9-10,12H,3-8H2,1-2H3,(H,13,16). The van der Waals surface area contributed by atoms with Crippen molar-refractivity contribution in [1.29, 1.82) is 0 Å². The van der Waals surface area contributed by atoms with Crippen molar-refractivity contribution in [3.05, 3.63) is 0 Å². The first-order chi connectivity index (χ1) is 8.19. The quantitative estimate of drug-likeness (QED) is 0.640. The Morgan fingerprint density at radius 1 is 1.35 bits per heavy atom. The normalized spacial score (nSPS) is 31.6. The molecular weight excluding hydrogens is 220 g/mol. The number of piperazine rings is 1. The van der Waals surface area contributed by atoms with Crippen LogP contribution in [-0.4, -0.2) is 74.8 Å². The highest BCUT2D eigenvalue weighted by molar-refractivity contribution is 5.81. The topological polar surface area (TPSA) is 56.8 Å². The maximum Gasteiger partial charge on any atom is 0.251 e. The number of nitrogens with zero attached hydrogens (tertiary/aromatic N) is 2. The van der Waals surface area contributed by atoms with Gasteiger partial charge in [-0.25, -0.2) is 5.01 Å². The summed E-state index contributed by atoms with van der Waals surface area (Å²) in [5.41, 5.74) is 2.98. The Labute approximate surface area is 102 Å². The van der Waals surface area contributed by atoms with Gasteiger partial charge in [-0.1, -0.05) is 0 Å². The molecule has 2 fully saturated rings. The third-order valence-corrected chi connectivity index (χ3v) is 3.51. The molecule has 2 aliphatic heterocycles. The number of hydrogen-bond acceptors (Lipinski definition) is 5. The van der Waals surface area contributed by atoms with Crippen LogP contribution in [0, 0.1) is 0 Å². The number of carbonyl (C=O) groups excluding carboxylic acids is 1. The van der Waals surface area contributed by atoms with Crippen molar-refractivity contribution in [1.82, 2.24) is 20.7 Å². The molecule has 0 aromatic rings. The van der Waals surface area contributed by atoms with E-state index in [-0.39, 0.29) is 18.1 Å². The summed E-state index contributed by atoms with van der Waals surface area (Å²) in [4.78, 5) is 14.2. The largest absolute Gasteiger partial charge is 0.380 e. The van der Waals surface area contributed by atoms with Gasteiger partial charge in [-0.2, -0.15) is 0 Å². The molecule has 2 aliphatic rings. The Bertz CT molecular complexity index is 266. The fourth-order valence-corrected chi connectivity index (χ4v) is 2.23. The van der Waals surface area contributed by atoms with Crippen LogP contribution in [0.1, 0.15) is 6.42 Å². The molecule has 17 heavy (non-hydrogen) atoms. The van der Waals surface area contributed by atoms with Gasteiger partial charge in [-0.05, 0) is 13.5 Å². The molecule has 0 spiro atoms. The molecule has 2 unspecified atom stereocenters. The Kier molecular flexibility index (Phi) is 4.33. The summed E-state index contributed by atoms with van der Waals surface area (Å²) in [7, 11) is 3.79. The molecular formula is C11H22N4O2. The summed E-state index contributed by atoms with van der Waals surface area (Å²) in [6, 6.07) is -0.111. The molecule has 2 saturated heterocycles. The number of likely N-dealkylation sites (N-methyl/N-ethyl adjacent to an activating group) is 1. The number of rotatable bonds is 3. The van der Waals surface area contributed by atoms with Crippen LogP contribution in [0.2, 0.25) is 0 Å². The van der Waals surface area contributed by atoms with E-state index in [2.05, 4.69) is 22.7 Å². The van der Waals surface area contributed by atoms with E-state index in [0.717, 1.165) is 39.1 Å². The summed E-state index contributed by atoms with van der Waals surface area (Å²) in [6.07, 6.45) is 0.925. The number of ether oxygens (including phenoxy) is 1. The van der Waals surface area contributed by atoms with Crippen LogP contribution in [-0.2, 0) is 9.53 Å². The van der Waals surface area contributed by atoms with E-state index in [1.807, 2.05) is 5.01 Å². The molecule has 1 amide bonds. The molecule has 6 nitrogen and oxygen atoms in total. The molecule has 0 aromatic carbocycles. The second kappa shape index (κ2) is 5.77. The van der Waals surface area contributed by atoms with Crippen LogP contribution in [0.4, 0.5) is 0 Å². The van der Waals surface area contributed by atoms with E-state index >= 15 is 0 Å². The Morgan fingerprint density at radius 3 is 2.65 bits per heavy atom. The zero-order chi connectivity index (χ0) is 12.3. The molecule has 98 valence electrons. The zero-order valence-electron chi connectivity index (χ0n) is 10.6. The second-order valence-electron chi connectivity index (χ2n) is 4.82. The summed E-state index contributed by atoms with van der Waals surface area (Å²) in [6.45, 7) is 4.54. The first-order valence-corrected chi connectivity index (χ1v) is 6.19. The number of nitrogens with one attached hydrogen (secondary N) is 2. The summed E-state index contributed by atoms with van der Waals surface area (Å²) in [5, 5.41) is 5.19. The SMILES string of the molecule is COC1CNC(C(=O)NN2CCN(C)CC2)C1. The number of methoxy groups -OCH3 is 1. The van der Waals surface area contributed by atoms with Crippen LogP contribution in [0.5, 0.6) is 0 Å². The lowest BCUT2D eigenvalue weighted by Crippen LogP contribution is -2.55. The monoisotopic (exact) mass is 242 g/mol. The summed E-state index contributed by atoms with van der Waals surface area (Å²) >= 11 is 0. The van der Waals surface area contributed by atoms with Crippen molar-refractivity contribution < 1.29 is 9.53 Å². The van der Waals surface area contributed by atoms with Crippen molar-refractivity contribution in [2.45, 2.75) is 18.6 Å². The van der Waals surface area contributed by atoms with Gasteiger partial charge in [-0.15, -0.1) is 0 Å². The highest BCUT2D eigenvalue weighted by atomic mass is 16.5. The third-order valence-electron chi connectivity index (χ3n) is 3.51. The number of hydrogen-bond donors (Lipinski definition) is 2. The molecule has 0 radical (unpaired) electrons. The summed E-state index contributed by atoms with van der Waals surface area (Å²) < 4.78 is 5.23. The smallest absolute Gasteiger partial charge is 0.251 e. The van der Waals surface area contributed by atoms with E-state index in [1.54, 1.807) is 7.11 Å². The van der Waals surface area contributed by atoms with Gasteiger partial charge >= 0.3 is 0 Å². The van der Waals surface area contributed by atoms with E-state index in [1.165, 1.54) is 0 Å². The maximum absolute atomic E-state index is 12.0. The van der Waals surface area contributed by atoms with Gasteiger partial charge in [0.05, 0.1) is 12.1 Å². The highest BCUT2D eigenvalue weighted by Gasteiger charge is 2.30. The number of hydrazine groups is 1. The van der Waals surface area contributed by atoms with Crippen LogP contribution in [0.15, 0.2) is 0 Å². The lowest BCUT2D eigenvalue weighted by atomic mass is 10.2. The molecule has 0 saturated carbocycles. The van der Waals surface area contributed by atoms with Crippen LogP contribution >= 0.6 is 0 Å². The fourth-order valence-electron chi connectivity index (χ4n) is 2.23. The minimum Gasteiger partial charge on any atom is -0.380 e. The molecule has 0 aliphatic carbocycles. The lowest BCUT2D eigenvalue weighted by molar-refractivity contribution is -0.128. The predicted octanol–water partition coefficient (Wildman–Crippen LogP) is -1.36. The van der Waals surface area contributed by atoms with E-state index in [0.29, 0.717) is 0 Å². The van der Waals surface area contributed by atoms with Gasteiger partial charge in [0.25, 0.3) is 5.91 Å². The van der Waals surface area contributed by atoms with E-state index < -0.39 is 0 Å². The predicted molar refractivity (Wildman–Crippen MR) is 64.4 cm³/mol. The highest BCUT2D eigenvalue weighted by Crippen LogP contribution is 2.09. The third kappa shape index (κ3) is 3.38. The average molecular weight is 242 g/mol. The molecule has 2 rings (SSSR count). The van der Waals surface area contributed by atoms with Crippen molar-refractivity contribution in [2.75, 3.05) is 46.9 Å². The van der Waals surface area contributed by atoms with E-state index in [4.69, 9.17) is 4.74 Å². The average Bonchev–Trinajstić information content (AvgIpc) is 2.81. The molecule has 2 N–H and O–H groups in total. The van der Waals surface area contributed by atoms with Crippen LogP contribution in [0.3, 0.4) is 0 Å². The minimum atomic E-state index is -0.111. The minimum absolute atomic E-state index is 0.0640. The van der Waals surface area contributed by atoms with Gasteiger partial charge in [0.2, 0.25) is 0 Å². The van der Waals surface area contributed by atoms with Crippen molar-refractivity contribution in [2.24, 2.45) is 0 Å². The molecule has 6 heteroatoms. The fraction of sp³-hybridized carbons (Fsp3) is 0.909. The van der Waals surface area contributed by atoms with Gasteiger partial charge in [0, 0.05) is 39.8 Å². The van der Waals surface area contributed by atoms with Crippen LogP contribution < -0.4 is 10.7 Å². The van der Waals surface area contributed by atoms with Gasteiger partial charge in [0.1, 0.15) is 0 Å². The van der Waals surface area contributed by atoms with Crippen molar-refractivity contribution >= 4 is 5.91 Å².